The van der Waals surface area contributed by atoms with Crippen molar-refractivity contribution in [2.75, 3.05) is 0 Å². The zero-order valence-corrected chi connectivity index (χ0v) is 10.9. The van der Waals surface area contributed by atoms with Gasteiger partial charge in [0.2, 0.25) is 5.91 Å². The summed E-state index contributed by atoms with van der Waals surface area (Å²) in [6.45, 7) is 0. The van der Waals surface area contributed by atoms with Gasteiger partial charge in [-0.3, -0.25) is 9.59 Å². The Labute approximate surface area is 117 Å². The molecule has 2 aromatic carbocycles. The molecule has 4 nitrogen and oxygen atoms in total. The molecule has 2 N–H and O–H groups in total. The topological polar surface area (TPSA) is 69.4 Å². The summed E-state index contributed by atoms with van der Waals surface area (Å²) in [6, 6.07) is 14.4. The molecule has 2 aromatic rings. The van der Waals surface area contributed by atoms with Crippen LogP contribution in [0.2, 0.25) is 0 Å². The van der Waals surface area contributed by atoms with E-state index in [1.165, 1.54) is 0 Å². The van der Waals surface area contributed by atoms with Crippen LogP contribution in [0.5, 0.6) is 11.5 Å². The number of rotatable bonds is 6. The van der Waals surface area contributed by atoms with Gasteiger partial charge in [0, 0.05) is 12.0 Å². The average molecular weight is 269 g/mol. The summed E-state index contributed by atoms with van der Waals surface area (Å²) >= 11 is 0. The zero-order valence-electron chi connectivity index (χ0n) is 10.9. The Morgan fingerprint density at radius 3 is 2.05 bits per heavy atom. The summed E-state index contributed by atoms with van der Waals surface area (Å²) in [5.74, 6) is 1.06. The van der Waals surface area contributed by atoms with E-state index in [1.54, 1.807) is 24.3 Å². The molecule has 0 unspecified atom stereocenters. The largest absolute Gasteiger partial charge is 0.457 e. The molecule has 20 heavy (non-hydrogen) atoms. The van der Waals surface area contributed by atoms with Crippen LogP contribution >= 0.6 is 0 Å². The van der Waals surface area contributed by atoms with E-state index in [1.807, 2.05) is 24.3 Å². The van der Waals surface area contributed by atoms with Crippen molar-refractivity contribution in [1.29, 1.82) is 0 Å². The minimum absolute atomic E-state index is 0.305. The molecule has 0 radical (unpaired) electrons. The number of hydrogen-bond acceptors (Lipinski definition) is 3. The molecule has 4 heteroatoms. The lowest BCUT2D eigenvalue weighted by Gasteiger charge is -2.06. The van der Waals surface area contributed by atoms with E-state index < -0.39 is 0 Å². The van der Waals surface area contributed by atoms with E-state index in [0.29, 0.717) is 29.9 Å². The fraction of sp³-hybridized carbons (Fsp3) is 0.125. The van der Waals surface area contributed by atoms with Crippen molar-refractivity contribution in [3.8, 4) is 11.5 Å². The molecule has 1 amide bonds. The normalized spacial score (nSPS) is 10.0. The summed E-state index contributed by atoms with van der Waals surface area (Å²) in [6.07, 6.45) is 1.76. The van der Waals surface area contributed by atoms with E-state index >= 15 is 0 Å². The Morgan fingerprint density at radius 1 is 1.00 bits per heavy atom. The highest BCUT2D eigenvalue weighted by Gasteiger charge is 2.00. The van der Waals surface area contributed by atoms with Crippen LogP contribution in [0.25, 0.3) is 0 Å². The van der Waals surface area contributed by atoms with E-state index in [4.69, 9.17) is 10.5 Å². The molecule has 0 aliphatic heterocycles. The van der Waals surface area contributed by atoms with Crippen molar-refractivity contribution in [3.63, 3.8) is 0 Å². The SMILES string of the molecule is NC(=O)CCc1ccc(Oc2ccc(C=O)cc2)cc1. The first-order valence-corrected chi connectivity index (χ1v) is 6.28. The minimum atomic E-state index is -0.305. The molecule has 0 bridgehead atoms. The predicted molar refractivity (Wildman–Crippen MR) is 75.9 cm³/mol. The van der Waals surface area contributed by atoms with E-state index in [-0.39, 0.29) is 5.91 Å². The van der Waals surface area contributed by atoms with Crippen LogP contribution in [0.3, 0.4) is 0 Å². The van der Waals surface area contributed by atoms with Crippen LogP contribution in [-0.2, 0) is 11.2 Å². The lowest BCUT2D eigenvalue weighted by Crippen LogP contribution is -2.11. The number of nitrogens with two attached hydrogens (primary N) is 1. The fourth-order valence-electron chi connectivity index (χ4n) is 1.74. The molecule has 0 heterocycles. The molecule has 0 aliphatic carbocycles. The van der Waals surface area contributed by atoms with Gasteiger partial charge in [0.25, 0.3) is 0 Å². The summed E-state index contributed by atoms with van der Waals surface area (Å²) in [5, 5.41) is 0. The minimum Gasteiger partial charge on any atom is -0.457 e. The number of primary amides is 1. The van der Waals surface area contributed by atoms with Gasteiger partial charge in [-0.15, -0.1) is 0 Å². The predicted octanol–water partition coefficient (Wildman–Crippen LogP) is 2.71. The van der Waals surface area contributed by atoms with Gasteiger partial charge in [-0.2, -0.15) is 0 Å². The van der Waals surface area contributed by atoms with Crippen LogP contribution in [0.1, 0.15) is 22.3 Å². The average Bonchev–Trinajstić information content (AvgIpc) is 2.47. The maximum Gasteiger partial charge on any atom is 0.217 e. The number of carbonyl (C=O) groups is 2. The van der Waals surface area contributed by atoms with E-state index in [0.717, 1.165) is 11.8 Å². The second kappa shape index (κ2) is 6.52. The molecule has 0 saturated heterocycles. The first-order chi connectivity index (χ1) is 9.67. The van der Waals surface area contributed by atoms with Crippen molar-refractivity contribution in [1.82, 2.24) is 0 Å². The third kappa shape index (κ3) is 3.95. The van der Waals surface area contributed by atoms with Gasteiger partial charge in [-0.05, 0) is 48.4 Å². The van der Waals surface area contributed by atoms with Crippen molar-refractivity contribution < 1.29 is 14.3 Å². The third-order valence-corrected chi connectivity index (χ3v) is 2.84. The lowest BCUT2D eigenvalue weighted by molar-refractivity contribution is -0.117. The second-order valence-electron chi connectivity index (χ2n) is 4.40. The first-order valence-electron chi connectivity index (χ1n) is 6.28. The highest BCUT2D eigenvalue weighted by atomic mass is 16.5. The summed E-state index contributed by atoms with van der Waals surface area (Å²) in [4.78, 5) is 21.3. The molecule has 102 valence electrons. The molecular formula is C16H15NO3. The molecule has 0 atom stereocenters. The monoisotopic (exact) mass is 269 g/mol. The van der Waals surface area contributed by atoms with Gasteiger partial charge < -0.3 is 10.5 Å². The maximum absolute atomic E-state index is 10.7. The van der Waals surface area contributed by atoms with Crippen LogP contribution in [0.15, 0.2) is 48.5 Å². The van der Waals surface area contributed by atoms with Gasteiger partial charge in [-0.1, -0.05) is 12.1 Å². The van der Waals surface area contributed by atoms with Crippen molar-refractivity contribution >= 4 is 12.2 Å². The molecule has 0 aliphatic rings. The Kier molecular flexibility index (Phi) is 4.50. The third-order valence-electron chi connectivity index (χ3n) is 2.84. The summed E-state index contributed by atoms with van der Waals surface area (Å²) < 4.78 is 5.65. The molecule has 2 rings (SSSR count). The number of aryl methyl sites for hydroxylation is 1. The highest BCUT2D eigenvalue weighted by Crippen LogP contribution is 2.22. The summed E-state index contributed by atoms with van der Waals surface area (Å²) in [7, 11) is 0. The smallest absolute Gasteiger partial charge is 0.217 e. The van der Waals surface area contributed by atoms with Gasteiger partial charge >= 0.3 is 0 Å². The summed E-state index contributed by atoms with van der Waals surface area (Å²) in [5.41, 5.74) is 6.75. The van der Waals surface area contributed by atoms with E-state index in [9.17, 15) is 9.59 Å². The quantitative estimate of drug-likeness (QED) is 0.820. The second-order valence-corrected chi connectivity index (χ2v) is 4.40. The van der Waals surface area contributed by atoms with Crippen molar-refractivity contribution in [2.45, 2.75) is 12.8 Å². The molecule has 0 saturated carbocycles. The van der Waals surface area contributed by atoms with Gasteiger partial charge in [0.15, 0.2) is 0 Å². The Balaban J connectivity index is 1.98. The Bertz CT molecular complexity index is 588. The lowest BCUT2D eigenvalue weighted by atomic mass is 10.1. The number of hydrogen-bond donors (Lipinski definition) is 1. The van der Waals surface area contributed by atoms with Crippen LogP contribution in [0.4, 0.5) is 0 Å². The number of benzene rings is 2. The van der Waals surface area contributed by atoms with Gasteiger partial charge in [-0.25, -0.2) is 0 Å². The molecule has 0 fully saturated rings. The van der Waals surface area contributed by atoms with E-state index in [2.05, 4.69) is 0 Å². The van der Waals surface area contributed by atoms with Crippen LogP contribution < -0.4 is 10.5 Å². The van der Waals surface area contributed by atoms with Crippen LogP contribution in [-0.4, -0.2) is 12.2 Å². The molecular weight excluding hydrogens is 254 g/mol. The Hall–Kier alpha value is -2.62. The molecule has 0 spiro atoms. The number of ether oxygens (including phenoxy) is 1. The van der Waals surface area contributed by atoms with Crippen LogP contribution in [0, 0.1) is 0 Å². The zero-order chi connectivity index (χ0) is 14.4. The fourth-order valence-corrected chi connectivity index (χ4v) is 1.74. The number of amides is 1. The maximum atomic E-state index is 10.7. The standard InChI is InChI=1S/C16H15NO3/c17-16(19)10-5-12-1-6-14(7-2-12)20-15-8-3-13(11-18)4-9-15/h1-4,6-9,11H,5,10H2,(H2,17,19). The number of aldehydes is 1. The first kappa shape index (κ1) is 13.8. The molecule has 0 aromatic heterocycles. The Morgan fingerprint density at radius 2 is 1.55 bits per heavy atom. The number of carbonyl (C=O) groups excluding carboxylic acids is 2. The van der Waals surface area contributed by atoms with Gasteiger partial charge in [0.1, 0.15) is 17.8 Å². The van der Waals surface area contributed by atoms with Gasteiger partial charge in [0.05, 0.1) is 0 Å². The highest BCUT2D eigenvalue weighted by molar-refractivity contribution is 5.75. The van der Waals surface area contributed by atoms with Crippen molar-refractivity contribution in [2.24, 2.45) is 5.73 Å². The van der Waals surface area contributed by atoms with Crippen molar-refractivity contribution in [3.05, 3.63) is 59.7 Å².